The van der Waals surface area contributed by atoms with Crippen LogP contribution in [0.3, 0.4) is 0 Å². The van der Waals surface area contributed by atoms with Gasteiger partial charge < -0.3 is 20.3 Å². The SMILES string of the molecule is O=C(O)NCCOc1ccc2cc(O)c(N3CC(=O)NS3(O)O)c(F)c2c1. The maximum Gasteiger partial charge on any atom is 0.404 e. The monoisotopic (exact) mass is 401 g/mol. The van der Waals surface area contributed by atoms with E-state index >= 15 is 4.39 Å². The highest BCUT2D eigenvalue weighted by Crippen LogP contribution is 2.50. The summed E-state index contributed by atoms with van der Waals surface area (Å²) in [7, 11) is -3.80. The summed E-state index contributed by atoms with van der Waals surface area (Å²) in [5, 5.41) is 21.1. The molecule has 0 saturated carbocycles. The van der Waals surface area contributed by atoms with E-state index in [2.05, 4.69) is 5.32 Å². The number of nitrogens with zero attached hydrogens (tertiary/aromatic N) is 1. The molecule has 146 valence electrons. The number of phenolic OH excluding ortho intramolecular Hbond substituents is 1. The molecule has 2 aromatic rings. The van der Waals surface area contributed by atoms with Crippen LogP contribution in [0, 0.1) is 5.82 Å². The maximum atomic E-state index is 15.0. The Hall–Kier alpha value is -2.96. The van der Waals surface area contributed by atoms with Crippen LogP contribution >= 0.6 is 11.0 Å². The van der Waals surface area contributed by atoms with Crippen molar-refractivity contribution >= 4 is 39.4 Å². The van der Waals surface area contributed by atoms with Crippen LogP contribution in [0.4, 0.5) is 14.9 Å². The number of halogens is 1. The van der Waals surface area contributed by atoms with E-state index in [1.54, 1.807) is 0 Å². The number of phenols is 1. The Morgan fingerprint density at radius 3 is 2.74 bits per heavy atom. The number of benzene rings is 2. The summed E-state index contributed by atoms with van der Waals surface area (Å²) in [5.74, 6) is -2.00. The highest BCUT2D eigenvalue weighted by atomic mass is 32.3. The molecule has 2 amide bonds. The van der Waals surface area contributed by atoms with Gasteiger partial charge in [0.25, 0.3) is 5.91 Å². The molecule has 0 aliphatic carbocycles. The van der Waals surface area contributed by atoms with Crippen molar-refractivity contribution in [1.82, 2.24) is 10.0 Å². The van der Waals surface area contributed by atoms with Crippen molar-refractivity contribution in [3.8, 4) is 11.5 Å². The standard InChI is InChI=1S/C15H16FN3O7S/c16-13-10-6-9(26-4-3-17-15(22)23)2-1-8(10)5-11(20)14(13)19-7-12(21)18-27(19,24)25/h1-2,5-6,17,20,24-25H,3-4,7H2,(H,18,21)(H,22,23). The van der Waals surface area contributed by atoms with Gasteiger partial charge in [-0.3, -0.25) is 13.9 Å². The summed E-state index contributed by atoms with van der Waals surface area (Å²) in [6.45, 7) is -0.496. The summed E-state index contributed by atoms with van der Waals surface area (Å²) in [5.41, 5.74) is -0.523. The first-order chi connectivity index (χ1) is 12.7. The lowest BCUT2D eigenvalue weighted by Crippen LogP contribution is -2.26. The van der Waals surface area contributed by atoms with Crippen molar-refractivity contribution < 1.29 is 38.0 Å². The number of hydrogen-bond donors (Lipinski definition) is 6. The van der Waals surface area contributed by atoms with Crippen LogP contribution in [0.15, 0.2) is 24.3 Å². The molecule has 27 heavy (non-hydrogen) atoms. The van der Waals surface area contributed by atoms with Crippen molar-refractivity contribution in [1.29, 1.82) is 0 Å². The molecule has 0 spiro atoms. The third kappa shape index (κ3) is 3.77. The van der Waals surface area contributed by atoms with Crippen LogP contribution in [0.5, 0.6) is 11.5 Å². The molecule has 0 atom stereocenters. The first-order valence-corrected chi connectivity index (χ1v) is 9.11. The average molecular weight is 401 g/mol. The number of carboxylic acid groups (broad SMARTS) is 1. The van der Waals surface area contributed by atoms with Crippen molar-refractivity contribution in [2.75, 3.05) is 24.0 Å². The van der Waals surface area contributed by atoms with Crippen LogP contribution in [0.1, 0.15) is 0 Å². The van der Waals surface area contributed by atoms with Gasteiger partial charge in [-0.2, -0.15) is 0 Å². The number of hydrogen-bond acceptors (Lipinski definition) is 7. The summed E-state index contributed by atoms with van der Waals surface area (Å²) >= 11 is 0. The lowest BCUT2D eigenvalue weighted by molar-refractivity contribution is -0.117. The smallest absolute Gasteiger partial charge is 0.404 e. The number of carbonyl (C=O) groups excluding carboxylic acids is 1. The minimum absolute atomic E-state index is 0.00938. The van der Waals surface area contributed by atoms with Crippen molar-refractivity contribution in [3.63, 3.8) is 0 Å². The van der Waals surface area contributed by atoms with E-state index in [4.69, 9.17) is 9.84 Å². The number of nitrogens with one attached hydrogen (secondary N) is 2. The largest absolute Gasteiger partial charge is 0.506 e. The molecule has 6 N–H and O–H groups in total. The van der Waals surface area contributed by atoms with Gasteiger partial charge in [-0.1, -0.05) is 6.07 Å². The number of aromatic hydroxyl groups is 1. The minimum atomic E-state index is -3.80. The molecule has 0 bridgehead atoms. The molecule has 0 aromatic heterocycles. The molecule has 2 aromatic carbocycles. The number of rotatable bonds is 5. The third-order valence-corrected chi connectivity index (χ3v) is 5.17. The molecule has 1 aliphatic heterocycles. The zero-order chi connectivity index (χ0) is 19.8. The van der Waals surface area contributed by atoms with Crippen LogP contribution in [-0.2, 0) is 4.79 Å². The second-order valence-electron chi connectivity index (χ2n) is 5.60. The molecule has 1 aliphatic rings. The molecular formula is C15H16FN3O7S. The van der Waals surface area contributed by atoms with Gasteiger partial charge in [0.1, 0.15) is 30.3 Å². The zero-order valence-corrected chi connectivity index (χ0v) is 14.5. The topological polar surface area (TPSA) is 152 Å². The van der Waals surface area contributed by atoms with Gasteiger partial charge in [-0.15, -0.1) is 0 Å². The summed E-state index contributed by atoms with van der Waals surface area (Å²) < 4.78 is 42.8. The molecular weight excluding hydrogens is 385 g/mol. The van der Waals surface area contributed by atoms with Gasteiger partial charge in [0.15, 0.2) is 5.82 Å². The molecule has 1 heterocycles. The second kappa shape index (κ2) is 6.98. The van der Waals surface area contributed by atoms with E-state index < -0.39 is 46.8 Å². The lowest BCUT2D eigenvalue weighted by Gasteiger charge is -2.36. The highest BCUT2D eigenvalue weighted by Gasteiger charge is 2.38. The number of amides is 2. The van der Waals surface area contributed by atoms with E-state index in [0.717, 1.165) is 0 Å². The van der Waals surface area contributed by atoms with Crippen LogP contribution < -0.4 is 19.1 Å². The van der Waals surface area contributed by atoms with E-state index in [1.165, 1.54) is 24.3 Å². The van der Waals surface area contributed by atoms with Gasteiger partial charge in [0, 0.05) is 5.39 Å². The van der Waals surface area contributed by atoms with Gasteiger partial charge in [-0.05, 0) is 34.5 Å². The maximum absolute atomic E-state index is 15.0. The molecule has 0 radical (unpaired) electrons. The molecule has 12 heteroatoms. The van der Waals surface area contributed by atoms with Crippen LogP contribution in [0.2, 0.25) is 0 Å². The van der Waals surface area contributed by atoms with Crippen molar-refractivity contribution in [3.05, 3.63) is 30.1 Å². The quantitative estimate of drug-likeness (QED) is 0.415. The normalized spacial score (nSPS) is 16.9. The Morgan fingerprint density at radius 2 is 2.11 bits per heavy atom. The average Bonchev–Trinajstić information content (AvgIpc) is 2.84. The zero-order valence-electron chi connectivity index (χ0n) is 13.7. The molecule has 10 nitrogen and oxygen atoms in total. The molecule has 1 fully saturated rings. The summed E-state index contributed by atoms with van der Waals surface area (Å²) in [6, 6.07) is 5.54. The Kier molecular flexibility index (Phi) is 4.87. The molecule has 3 rings (SSSR count). The number of fused-ring (bicyclic) bond motifs is 1. The Bertz CT molecular complexity index is 924. The summed E-state index contributed by atoms with van der Waals surface area (Å²) in [6.07, 6.45) is -1.20. The van der Waals surface area contributed by atoms with Crippen molar-refractivity contribution in [2.24, 2.45) is 0 Å². The van der Waals surface area contributed by atoms with Gasteiger partial charge in [0.2, 0.25) is 0 Å². The fourth-order valence-electron chi connectivity index (χ4n) is 2.63. The van der Waals surface area contributed by atoms with Gasteiger partial charge in [0.05, 0.1) is 6.54 Å². The van der Waals surface area contributed by atoms with Crippen LogP contribution in [-0.4, -0.2) is 51.0 Å². The number of anilines is 1. The van der Waals surface area contributed by atoms with Crippen LogP contribution in [0.25, 0.3) is 10.8 Å². The van der Waals surface area contributed by atoms with E-state index in [0.29, 0.717) is 9.69 Å². The number of ether oxygens (including phenoxy) is 1. The number of carbonyl (C=O) groups is 2. The summed E-state index contributed by atoms with van der Waals surface area (Å²) in [4.78, 5) is 21.8. The fraction of sp³-hybridized carbons (Fsp3) is 0.200. The second-order valence-corrected chi connectivity index (χ2v) is 7.28. The third-order valence-electron chi connectivity index (χ3n) is 3.75. The van der Waals surface area contributed by atoms with Crippen molar-refractivity contribution in [2.45, 2.75) is 0 Å². The Morgan fingerprint density at radius 1 is 1.37 bits per heavy atom. The molecule has 1 saturated heterocycles. The highest BCUT2D eigenvalue weighted by molar-refractivity contribution is 8.24. The Balaban J connectivity index is 1.94. The first kappa shape index (κ1) is 18.8. The van der Waals surface area contributed by atoms with Gasteiger partial charge in [-0.25, -0.2) is 18.2 Å². The minimum Gasteiger partial charge on any atom is -0.506 e. The van der Waals surface area contributed by atoms with E-state index in [-0.39, 0.29) is 24.3 Å². The van der Waals surface area contributed by atoms with E-state index in [1.807, 2.05) is 4.72 Å². The first-order valence-electron chi connectivity index (χ1n) is 7.60. The lowest BCUT2D eigenvalue weighted by atomic mass is 10.1. The fourth-order valence-corrected chi connectivity index (χ4v) is 3.83. The van der Waals surface area contributed by atoms with Gasteiger partial charge >= 0.3 is 6.09 Å². The predicted molar refractivity (Wildman–Crippen MR) is 95.4 cm³/mol. The Labute approximate surface area is 153 Å². The molecule has 0 unspecified atom stereocenters. The van der Waals surface area contributed by atoms with E-state index in [9.17, 15) is 23.8 Å². The predicted octanol–water partition coefficient (Wildman–Crippen LogP) is 1.85.